The van der Waals surface area contributed by atoms with E-state index in [1.165, 1.54) is 12.1 Å². The van der Waals surface area contributed by atoms with Gasteiger partial charge in [-0.05, 0) is 60.4 Å². The van der Waals surface area contributed by atoms with Crippen molar-refractivity contribution in [2.45, 2.75) is 18.7 Å². The quantitative estimate of drug-likeness (QED) is 0.248. The number of rotatable bonds is 6. The summed E-state index contributed by atoms with van der Waals surface area (Å²) < 4.78 is 28.7. The first-order valence-electron chi connectivity index (χ1n) is 10.9. The minimum atomic E-state index is -4.19. The van der Waals surface area contributed by atoms with Gasteiger partial charge in [0.25, 0.3) is 15.9 Å². The molecule has 0 saturated carbocycles. The fraction of sp³-hybridized carbons (Fsp3) is 0.0690. The molecule has 4 nitrogen and oxygen atoms in total. The van der Waals surface area contributed by atoms with Crippen molar-refractivity contribution in [2.24, 2.45) is 0 Å². The Hall–Kier alpha value is -3.96. The maximum absolute atomic E-state index is 14.2. The van der Waals surface area contributed by atoms with Crippen molar-refractivity contribution in [1.29, 1.82) is 0 Å². The summed E-state index contributed by atoms with van der Waals surface area (Å²) >= 11 is 0. The third-order valence-electron chi connectivity index (χ3n) is 5.69. The van der Waals surface area contributed by atoms with Crippen LogP contribution in [-0.4, -0.2) is 14.3 Å². The lowest BCUT2D eigenvalue weighted by molar-refractivity contribution is -0.112. The van der Waals surface area contributed by atoms with Crippen molar-refractivity contribution in [3.8, 4) is 0 Å². The summed E-state index contributed by atoms with van der Waals surface area (Å²) in [6.07, 6.45) is 1.73. The Bertz CT molecular complexity index is 1430. The zero-order chi connectivity index (χ0) is 24.1. The second-order valence-electron chi connectivity index (χ2n) is 7.94. The number of sulfonamides is 1. The number of aryl methyl sites for hydroxylation is 1. The molecule has 0 unspecified atom stereocenters. The van der Waals surface area contributed by atoms with Crippen LogP contribution in [0, 0.1) is 13.8 Å². The molecule has 0 heterocycles. The van der Waals surface area contributed by atoms with E-state index in [0.29, 0.717) is 11.3 Å². The fourth-order valence-corrected chi connectivity index (χ4v) is 5.20. The van der Waals surface area contributed by atoms with E-state index in [9.17, 15) is 13.2 Å². The van der Waals surface area contributed by atoms with Crippen molar-refractivity contribution < 1.29 is 13.2 Å². The van der Waals surface area contributed by atoms with Gasteiger partial charge in [0.05, 0.1) is 10.6 Å². The zero-order valence-corrected chi connectivity index (χ0v) is 19.9. The molecule has 4 aromatic rings. The minimum Gasteiger partial charge on any atom is -0.268 e. The molecule has 0 aliphatic heterocycles. The van der Waals surface area contributed by atoms with E-state index < -0.39 is 15.9 Å². The molecule has 0 spiro atoms. The van der Waals surface area contributed by atoms with Crippen LogP contribution in [0.25, 0.3) is 11.6 Å². The lowest BCUT2D eigenvalue weighted by Crippen LogP contribution is -2.38. The highest BCUT2D eigenvalue weighted by molar-refractivity contribution is 7.93. The van der Waals surface area contributed by atoms with Gasteiger partial charge < -0.3 is 0 Å². The summed E-state index contributed by atoms with van der Waals surface area (Å²) in [6, 6.07) is 31.9. The number of carbonyl (C=O) groups is 1. The van der Waals surface area contributed by atoms with Gasteiger partial charge in [-0.25, -0.2) is 8.42 Å². The molecular formula is C29H25NO3S. The summed E-state index contributed by atoms with van der Waals surface area (Å²) in [5.41, 5.74) is 3.67. The Balaban J connectivity index is 1.97. The van der Waals surface area contributed by atoms with Gasteiger partial charge >= 0.3 is 0 Å². The highest BCUT2D eigenvalue weighted by Crippen LogP contribution is 2.32. The summed E-state index contributed by atoms with van der Waals surface area (Å²) in [5.74, 6) is -0.618. The highest BCUT2D eigenvalue weighted by atomic mass is 32.2. The van der Waals surface area contributed by atoms with Gasteiger partial charge in [0.1, 0.15) is 0 Å². The number of hydrogen-bond donors (Lipinski definition) is 0. The molecule has 4 aromatic carbocycles. The Morgan fingerprint density at radius 3 is 1.88 bits per heavy atom. The lowest BCUT2D eigenvalue weighted by atomic mass is 10.0. The van der Waals surface area contributed by atoms with Crippen LogP contribution in [0.15, 0.2) is 114 Å². The number of nitrogens with zero attached hydrogens (tertiary/aromatic N) is 1. The molecule has 0 aliphatic rings. The van der Waals surface area contributed by atoms with E-state index in [4.69, 9.17) is 0 Å². The largest absolute Gasteiger partial charge is 0.272 e. The molecule has 1 amide bonds. The van der Waals surface area contributed by atoms with Crippen molar-refractivity contribution in [2.75, 3.05) is 4.31 Å². The Labute approximate surface area is 200 Å². The summed E-state index contributed by atoms with van der Waals surface area (Å²) in [5, 5.41) is 0. The van der Waals surface area contributed by atoms with Crippen LogP contribution in [-0.2, 0) is 14.8 Å². The first kappa shape index (κ1) is 23.2. The predicted octanol–water partition coefficient (Wildman–Crippen LogP) is 6.27. The molecule has 0 radical (unpaired) electrons. The predicted molar refractivity (Wildman–Crippen MR) is 138 cm³/mol. The van der Waals surface area contributed by atoms with Crippen LogP contribution in [0.4, 0.5) is 5.69 Å². The maximum atomic E-state index is 14.2. The molecule has 0 atom stereocenters. The molecule has 170 valence electrons. The normalized spacial score (nSPS) is 11.8. The van der Waals surface area contributed by atoms with E-state index >= 15 is 0 Å². The van der Waals surface area contributed by atoms with Crippen molar-refractivity contribution in [1.82, 2.24) is 0 Å². The van der Waals surface area contributed by atoms with E-state index in [2.05, 4.69) is 0 Å². The number of anilines is 1. The lowest BCUT2D eigenvalue weighted by Gasteiger charge is -2.26. The van der Waals surface area contributed by atoms with Crippen LogP contribution >= 0.6 is 0 Å². The molecule has 5 heteroatoms. The van der Waals surface area contributed by atoms with E-state index in [1.807, 2.05) is 80.6 Å². The number of carbonyl (C=O) groups excluding carboxylic acids is 1. The average molecular weight is 468 g/mol. The van der Waals surface area contributed by atoms with Crippen LogP contribution in [0.2, 0.25) is 0 Å². The maximum Gasteiger partial charge on any atom is 0.272 e. The van der Waals surface area contributed by atoms with Gasteiger partial charge in [0.2, 0.25) is 0 Å². The molecule has 0 fully saturated rings. The van der Waals surface area contributed by atoms with Crippen molar-refractivity contribution in [3.63, 3.8) is 0 Å². The molecule has 0 aromatic heterocycles. The van der Waals surface area contributed by atoms with Crippen molar-refractivity contribution in [3.05, 3.63) is 131 Å². The minimum absolute atomic E-state index is 0.0522. The molecule has 4 rings (SSSR count). The van der Waals surface area contributed by atoms with E-state index in [1.54, 1.807) is 36.4 Å². The van der Waals surface area contributed by atoms with Crippen LogP contribution in [0.5, 0.6) is 0 Å². The zero-order valence-electron chi connectivity index (χ0n) is 19.0. The summed E-state index contributed by atoms with van der Waals surface area (Å²) in [4.78, 5) is 14.3. The fourth-order valence-electron chi connectivity index (χ4n) is 3.71. The first-order chi connectivity index (χ1) is 16.4. The first-order valence-corrected chi connectivity index (χ1v) is 12.4. The number of amides is 1. The SMILES string of the molecule is Cc1cccc(N(C(=O)/C(=C/c2ccccc2)c2ccccc2)S(=O)(=O)c2ccccc2)c1C. The molecule has 0 bridgehead atoms. The smallest absolute Gasteiger partial charge is 0.268 e. The van der Waals surface area contributed by atoms with Gasteiger partial charge in [-0.15, -0.1) is 0 Å². The van der Waals surface area contributed by atoms with Gasteiger partial charge in [-0.1, -0.05) is 91.0 Å². The van der Waals surface area contributed by atoms with Gasteiger partial charge in [0.15, 0.2) is 0 Å². The third kappa shape index (κ3) is 4.70. The van der Waals surface area contributed by atoms with Gasteiger partial charge in [0, 0.05) is 5.57 Å². The molecule has 0 aliphatic carbocycles. The topological polar surface area (TPSA) is 54.5 Å². The van der Waals surface area contributed by atoms with Crippen LogP contribution < -0.4 is 4.31 Å². The van der Waals surface area contributed by atoms with Gasteiger partial charge in [-0.2, -0.15) is 4.31 Å². The summed E-state index contributed by atoms with van der Waals surface area (Å²) in [7, 11) is -4.19. The highest BCUT2D eigenvalue weighted by Gasteiger charge is 2.34. The Morgan fingerprint density at radius 2 is 1.26 bits per heavy atom. The number of hydrogen-bond acceptors (Lipinski definition) is 3. The van der Waals surface area contributed by atoms with Gasteiger partial charge in [-0.3, -0.25) is 4.79 Å². The standard InChI is InChI=1S/C29H25NO3S/c1-22-13-12-20-28(23(22)2)30(34(32,33)26-18-10-5-11-19-26)29(31)27(25-16-8-4-9-17-25)21-24-14-6-3-7-15-24/h3-21H,1-2H3/b27-21+. The molecular weight excluding hydrogens is 442 g/mol. The third-order valence-corrected chi connectivity index (χ3v) is 7.40. The second kappa shape index (κ2) is 9.89. The monoisotopic (exact) mass is 467 g/mol. The average Bonchev–Trinajstić information content (AvgIpc) is 2.87. The molecule has 0 N–H and O–H groups in total. The van der Waals surface area contributed by atoms with E-state index in [0.717, 1.165) is 21.0 Å². The molecule has 0 saturated heterocycles. The van der Waals surface area contributed by atoms with E-state index in [-0.39, 0.29) is 10.5 Å². The molecule has 34 heavy (non-hydrogen) atoms. The van der Waals surface area contributed by atoms with Crippen LogP contribution in [0.3, 0.4) is 0 Å². The Morgan fingerprint density at radius 1 is 0.706 bits per heavy atom. The Kier molecular flexibility index (Phi) is 6.75. The number of benzene rings is 4. The van der Waals surface area contributed by atoms with Crippen LogP contribution in [0.1, 0.15) is 22.3 Å². The van der Waals surface area contributed by atoms with Crippen molar-refractivity contribution >= 4 is 33.3 Å². The summed E-state index contributed by atoms with van der Waals surface area (Å²) in [6.45, 7) is 3.73. The second-order valence-corrected chi connectivity index (χ2v) is 9.73.